The summed E-state index contributed by atoms with van der Waals surface area (Å²) < 4.78 is 14.8. The molecular weight excluding hydrogens is 225 g/mol. The lowest BCUT2D eigenvalue weighted by atomic mass is 10.2. The first-order chi connectivity index (χ1) is 8.15. The number of nitrogen functional groups attached to an aromatic ring is 1. The number of allylic oxidation sites excluding steroid dienone is 1. The molecule has 2 atom stereocenters. The van der Waals surface area contributed by atoms with Gasteiger partial charge in [0.1, 0.15) is 5.52 Å². The molecule has 0 radical (unpaired) electrons. The van der Waals surface area contributed by atoms with Crippen molar-refractivity contribution < 1.29 is 9.50 Å². The second-order valence-electron chi connectivity index (χ2n) is 3.96. The zero-order valence-corrected chi connectivity index (χ0v) is 8.79. The Kier molecular flexibility index (Phi) is 2.08. The molecule has 0 unspecified atom stereocenters. The molecule has 0 spiro atoms. The van der Waals surface area contributed by atoms with Gasteiger partial charge in [-0.3, -0.25) is 0 Å². The fourth-order valence-electron chi connectivity index (χ4n) is 2.02. The first-order valence-corrected chi connectivity index (χ1v) is 5.17. The van der Waals surface area contributed by atoms with E-state index in [1.54, 1.807) is 10.6 Å². The lowest BCUT2D eigenvalue weighted by Crippen LogP contribution is -2.08. The standard InChI is InChI=1S/C10H10FN5O/c11-10-14-8(12)7-9(15-10)16(4-13-7)5-1-2-6(17)3-5/h1-2,4-6,17H,3H2,(H2,12,14,15)/t5-,6+/m0/s1. The second-order valence-corrected chi connectivity index (χ2v) is 3.96. The average Bonchev–Trinajstić information content (AvgIpc) is 2.83. The Morgan fingerprint density at radius 2 is 2.24 bits per heavy atom. The van der Waals surface area contributed by atoms with Crippen molar-refractivity contribution in [2.45, 2.75) is 18.6 Å². The van der Waals surface area contributed by atoms with E-state index < -0.39 is 12.2 Å². The normalized spacial score (nSPS) is 23.6. The summed E-state index contributed by atoms with van der Waals surface area (Å²) in [5, 5.41) is 9.43. The lowest BCUT2D eigenvalue weighted by molar-refractivity contribution is 0.211. The third kappa shape index (κ3) is 1.55. The highest BCUT2D eigenvalue weighted by Gasteiger charge is 2.21. The number of halogens is 1. The number of imidazole rings is 1. The van der Waals surface area contributed by atoms with Gasteiger partial charge in [-0.2, -0.15) is 14.4 Å². The van der Waals surface area contributed by atoms with Crippen molar-refractivity contribution in [3.05, 3.63) is 24.6 Å². The highest BCUT2D eigenvalue weighted by atomic mass is 19.1. The van der Waals surface area contributed by atoms with E-state index in [0.717, 1.165) is 0 Å². The van der Waals surface area contributed by atoms with E-state index in [9.17, 15) is 9.50 Å². The minimum atomic E-state index is -0.876. The van der Waals surface area contributed by atoms with Crippen molar-refractivity contribution in [1.82, 2.24) is 19.5 Å². The predicted molar refractivity (Wildman–Crippen MR) is 58.5 cm³/mol. The maximum absolute atomic E-state index is 13.1. The molecule has 2 aromatic rings. The van der Waals surface area contributed by atoms with Gasteiger partial charge in [-0.25, -0.2) is 4.98 Å². The molecule has 0 amide bonds. The van der Waals surface area contributed by atoms with E-state index in [4.69, 9.17) is 5.73 Å². The van der Waals surface area contributed by atoms with Crippen molar-refractivity contribution in [2.24, 2.45) is 0 Å². The fourth-order valence-corrected chi connectivity index (χ4v) is 2.02. The number of aromatic nitrogens is 4. The van der Waals surface area contributed by atoms with Gasteiger partial charge in [0.25, 0.3) is 0 Å². The third-order valence-corrected chi connectivity index (χ3v) is 2.82. The maximum atomic E-state index is 13.1. The first-order valence-electron chi connectivity index (χ1n) is 5.17. The number of aliphatic hydroxyl groups is 1. The molecule has 88 valence electrons. The maximum Gasteiger partial charge on any atom is 0.312 e. The van der Waals surface area contributed by atoms with Crippen molar-refractivity contribution >= 4 is 17.0 Å². The quantitative estimate of drug-likeness (QED) is 0.552. The molecule has 0 fully saturated rings. The van der Waals surface area contributed by atoms with Gasteiger partial charge in [0.15, 0.2) is 11.5 Å². The largest absolute Gasteiger partial charge is 0.389 e. The topological polar surface area (TPSA) is 89.9 Å². The van der Waals surface area contributed by atoms with Crippen LogP contribution in [-0.2, 0) is 0 Å². The Bertz CT molecular complexity index is 608. The Balaban J connectivity index is 2.15. The summed E-state index contributed by atoms with van der Waals surface area (Å²) in [6.07, 6.45) is 4.22. The highest BCUT2D eigenvalue weighted by molar-refractivity contribution is 5.81. The number of hydrogen-bond acceptors (Lipinski definition) is 5. The lowest BCUT2D eigenvalue weighted by Gasteiger charge is -2.11. The molecule has 0 bridgehead atoms. The molecule has 7 heteroatoms. The van der Waals surface area contributed by atoms with E-state index in [1.165, 1.54) is 6.33 Å². The predicted octanol–water partition coefficient (Wildman–Crippen LogP) is 0.410. The summed E-state index contributed by atoms with van der Waals surface area (Å²) in [4.78, 5) is 11.2. The van der Waals surface area contributed by atoms with E-state index in [0.29, 0.717) is 17.6 Å². The van der Waals surface area contributed by atoms with Crippen LogP contribution in [0.2, 0.25) is 0 Å². The van der Waals surface area contributed by atoms with E-state index in [-0.39, 0.29) is 11.9 Å². The van der Waals surface area contributed by atoms with Crippen LogP contribution < -0.4 is 5.73 Å². The summed E-state index contributed by atoms with van der Waals surface area (Å²) in [5.41, 5.74) is 6.28. The van der Waals surface area contributed by atoms with Crippen LogP contribution in [-0.4, -0.2) is 30.7 Å². The fraction of sp³-hybridized carbons (Fsp3) is 0.300. The van der Waals surface area contributed by atoms with Gasteiger partial charge in [-0.15, -0.1) is 0 Å². The van der Waals surface area contributed by atoms with Crippen LogP contribution >= 0.6 is 0 Å². The number of hydrogen-bond donors (Lipinski definition) is 2. The average molecular weight is 235 g/mol. The smallest absolute Gasteiger partial charge is 0.312 e. The minimum absolute atomic E-state index is 0.0220. The van der Waals surface area contributed by atoms with Gasteiger partial charge in [0.2, 0.25) is 0 Å². The molecule has 0 aliphatic heterocycles. The highest BCUT2D eigenvalue weighted by Crippen LogP contribution is 2.27. The van der Waals surface area contributed by atoms with Crippen molar-refractivity contribution in [2.75, 3.05) is 5.73 Å². The monoisotopic (exact) mass is 235 g/mol. The molecule has 0 aromatic carbocycles. The summed E-state index contributed by atoms with van der Waals surface area (Å²) in [7, 11) is 0. The molecule has 3 N–H and O–H groups in total. The molecule has 1 aliphatic rings. The van der Waals surface area contributed by atoms with Crippen molar-refractivity contribution in [1.29, 1.82) is 0 Å². The number of nitrogens with two attached hydrogens (primary N) is 1. The molecule has 0 saturated heterocycles. The second kappa shape index (κ2) is 3.49. The zero-order chi connectivity index (χ0) is 12.0. The van der Waals surface area contributed by atoms with Gasteiger partial charge in [-0.1, -0.05) is 12.2 Å². The van der Waals surface area contributed by atoms with Gasteiger partial charge in [0, 0.05) is 6.42 Å². The van der Waals surface area contributed by atoms with Crippen LogP contribution in [0.15, 0.2) is 18.5 Å². The van der Waals surface area contributed by atoms with Gasteiger partial charge >= 0.3 is 6.08 Å². The first kappa shape index (κ1) is 10.2. The van der Waals surface area contributed by atoms with E-state index >= 15 is 0 Å². The third-order valence-electron chi connectivity index (χ3n) is 2.82. The molecule has 2 heterocycles. The Labute approximate surface area is 95.6 Å². The van der Waals surface area contributed by atoms with Gasteiger partial charge in [0.05, 0.1) is 18.5 Å². The molecule has 17 heavy (non-hydrogen) atoms. The van der Waals surface area contributed by atoms with Gasteiger partial charge in [-0.05, 0) is 0 Å². The summed E-state index contributed by atoms with van der Waals surface area (Å²) >= 11 is 0. The molecule has 1 aliphatic carbocycles. The van der Waals surface area contributed by atoms with E-state index in [2.05, 4.69) is 15.0 Å². The van der Waals surface area contributed by atoms with E-state index in [1.807, 2.05) is 6.08 Å². The van der Waals surface area contributed by atoms with Crippen LogP contribution in [0.4, 0.5) is 10.2 Å². The summed E-state index contributed by atoms with van der Waals surface area (Å²) in [5.74, 6) is 0.0220. The van der Waals surface area contributed by atoms with Crippen LogP contribution in [0.5, 0.6) is 0 Å². The molecular formula is C10H10FN5O. The number of anilines is 1. The number of rotatable bonds is 1. The van der Waals surface area contributed by atoms with Crippen molar-refractivity contribution in [3.63, 3.8) is 0 Å². The summed E-state index contributed by atoms with van der Waals surface area (Å²) in [6.45, 7) is 0. The Hall–Kier alpha value is -2.02. The van der Waals surface area contributed by atoms with Crippen LogP contribution in [0, 0.1) is 6.08 Å². The SMILES string of the molecule is Nc1nc(F)nc2c1ncn2[C@H]1C=C[C@@H](O)C1. The number of aliphatic hydroxyl groups excluding tert-OH is 1. The van der Waals surface area contributed by atoms with Crippen molar-refractivity contribution in [3.8, 4) is 0 Å². The van der Waals surface area contributed by atoms with Crippen LogP contribution in [0.1, 0.15) is 12.5 Å². The minimum Gasteiger partial charge on any atom is -0.389 e. The zero-order valence-electron chi connectivity index (χ0n) is 8.79. The molecule has 2 aromatic heterocycles. The molecule has 0 saturated carbocycles. The van der Waals surface area contributed by atoms with Gasteiger partial charge < -0.3 is 15.4 Å². The summed E-state index contributed by atoms with van der Waals surface area (Å²) in [6, 6.07) is -0.0799. The Morgan fingerprint density at radius 3 is 2.94 bits per heavy atom. The number of fused-ring (bicyclic) bond motifs is 1. The molecule has 3 rings (SSSR count). The Morgan fingerprint density at radius 1 is 1.41 bits per heavy atom. The molecule has 6 nitrogen and oxygen atoms in total. The van der Waals surface area contributed by atoms with Crippen LogP contribution in [0.3, 0.4) is 0 Å². The number of nitrogens with zero attached hydrogens (tertiary/aromatic N) is 4. The van der Waals surface area contributed by atoms with Crippen LogP contribution in [0.25, 0.3) is 11.2 Å².